The lowest BCUT2D eigenvalue weighted by atomic mass is 10.1. The fourth-order valence-corrected chi connectivity index (χ4v) is 2.00. The fraction of sp³-hybridized carbons (Fsp3) is 0.357. The topological polar surface area (TPSA) is 29.9 Å². The Morgan fingerprint density at radius 3 is 2.79 bits per heavy atom. The number of halogens is 2. The summed E-state index contributed by atoms with van der Waals surface area (Å²) in [5.74, 6) is -1.06. The van der Waals surface area contributed by atoms with E-state index in [1.807, 2.05) is 26.4 Å². The quantitative estimate of drug-likeness (QED) is 0.900. The highest BCUT2D eigenvalue weighted by Crippen LogP contribution is 2.17. The zero-order chi connectivity index (χ0) is 13.8. The molecule has 19 heavy (non-hydrogen) atoms. The van der Waals surface area contributed by atoms with E-state index >= 15 is 0 Å². The Morgan fingerprint density at radius 1 is 1.37 bits per heavy atom. The Balaban J connectivity index is 1.88. The van der Waals surface area contributed by atoms with E-state index in [0.717, 1.165) is 18.1 Å². The summed E-state index contributed by atoms with van der Waals surface area (Å²) in [7, 11) is 1.87. The minimum atomic E-state index is -0.552. The lowest BCUT2D eigenvalue weighted by Gasteiger charge is -2.14. The van der Waals surface area contributed by atoms with E-state index in [1.54, 1.807) is 4.68 Å². The van der Waals surface area contributed by atoms with Crippen LogP contribution in [0.5, 0.6) is 0 Å². The Hall–Kier alpha value is -1.75. The number of benzene rings is 1. The molecule has 1 atom stereocenters. The maximum absolute atomic E-state index is 13.6. The molecule has 0 aliphatic carbocycles. The van der Waals surface area contributed by atoms with Gasteiger partial charge in [-0.2, -0.15) is 5.10 Å². The summed E-state index contributed by atoms with van der Waals surface area (Å²) in [4.78, 5) is 0. The summed E-state index contributed by atoms with van der Waals surface area (Å²) in [6.07, 6.45) is 4.58. The van der Waals surface area contributed by atoms with Gasteiger partial charge in [0.05, 0.1) is 6.20 Å². The number of nitrogens with zero attached hydrogens (tertiary/aromatic N) is 2. The smallest absolute Gasteiger partial charge is 0.130 e. The van der Waals surface area contributed by atoms with Crippen molar-refractivity contribution in [2.45, 2.75) is 19.4 Å². The zero-order valence-corrected chi connectivity index (χ0v) is 11.0. The van der Waals surface area contributed by atoms with Crippen LogP contribution in [0.1, 0.15) is 24.1 Å². The van der Waals surface area contributed by atoms with Crippen molar-refractivity contribution in [1.29, 1.82) is 0 Å². The molecule has 1 aromatic heterocycles. The molecule has 0 radical (unpaired) electrons. The number of nitrogens with one attached hydrogen (secondary N) is 1. The van der Waals surface area contributed by atoms with Gasteiger partial charge in [-0.05, 0) is 31.5 Å². The summed E-state index contributed by atoms with van der Waals surface area (Å²) in [5, 5.41) is 7.30. The molecule has 0 saturated carbocycles. The molecule has 0 spiro atoms. The maximum Gasteiger partial charge on any atom is 0.130 e. The van der Waals surface area contributed by atoms with Crippen LogP contribution >= 0.6 is 0 Å². The van der Waals surface area contributed by atoms with E-state index < -0.39 is 11.6 Å². The average molecular weight is 265 g/mol. The van der Waals surface area contributed by atoms with Crippen LogP contribution in [0.15, 0.2) is 30.6 Å². The molecule has 2 rings (SSSR count). The highest BCUT2D eigenvalue weighted by atomic mass is 19.1. The predicted molar refractivity (Wildman–Crippen MR) is 69.7 cm³/mol. The van der Waals surface area contributed by atoms with Gasteiger partial charge in [0.25, 0.3) is 0 Å². The van der Waals surface area contributed by atoms with Gasteiger partial charge in [0.2, 0.25) is 0 Å². The van der Waals surface area contributed by atoms with E-state index in [1.165, 1.54) is 12.1 Å². The lowest BCUT2D eigenvalue weighted by Crippen LogP contribution is -2.22. The summed E-state index contributed by atoms with van der Waals surface area (Å²) in [6, 6.07) is 3.51. The summed E-state index contributed by atoms with van der Waals surface area (Å²) >= 11 is 0. The van der Waals surface area contributed by atoms with E-state index in [4.69, 9.17) is 0 Å². The predicted octanol–water partition coefficient (Wildman–Crippen LogP) is 2.59. The van der Waals surface area contributed by atoms with Crippen molar-refractivity contribution < 1.29 is 8.78 Å². The first-order valence-electron chi connectivity index (χ1n) is 6.22. The molecule has 1 unspecified atom stereocenters. The normalized spacial score (nSPS) is 12.6. The minimum Gasteiger partial charge on any atom is -0.310 e. The summed E-state index contributed by atoms with van der Waals surface area (Å²) < 4.78 is 28.1. The molecule has 2 aromatic rings. The second-order valence-electron chi connectivity index (χ2n) is 4.61. The molecule has 0 bridgehead atoms. The second kappa shape index (κ2) is 5.93. The molecule has 0 amide bonds. The molecule has 1 aromatic carbocycles. The highest BCUT2D eigenvalue weighted by Gasteiger charge is 2.11. The molecule has 3 nitrogen and oxygen atoms in total. The number of hydrogen-bond donors (Lipinski definition) is 1. The van der Waals surface area contributed by atoms with Crippen LogP contribution < -0.4 is 5.32 Å². The zero-order valence-electron chi connectivity index (χ0n) is 11.0. The van der Waals surface area contributed by atoms with Crippen LogP contribution in [0, 0.1) is 11.6 Å². The van der Waals surface area contributed by atoms with Gasteiger partial charge >= 0.3 is 0 Å². The van der Waals surface area contributed by atoms with Crippen molar-refractivity contribution in [3.05, 3.63) is 53.4 Å². The lowest BCUT2D eigenvalue weighted by molar-refractivity contribution is 0.520. The molecule has 5 heteroatoms. The number of hydrogen-bond acceptors (Lipinski definition) is 2. The average Bonchev–Trinajstić information content (AvgIpc) is 2.75. The van der Waals surface area contributed by atoms with Crippen molar-refractivity contribution >= 4 is 0 Å². The standard InChI is InChI=1S/C14H17F2N3/c1-10(13-4-3-12(15)7-14(13)16)17-6-5-11-8-18-19(2)9-11/h3-4,7-10,17H,5-6H2,1-2H3. The Kier molecular flexibility index (Phi) is 4.27. The largest absolute Gasteiger partial charge is 0.310 e. The Bertz CT molecular complexity index is 551. The van der Waals surface area contributed by atoms with Gasteiger partial charge < -0.3 is 5.32 Å². The summed E-state index contributed by atoms with van der Waals surface area (Å²) in [5.41, 5.74) is 1.61. The maximum atomic E-state index is 13.6. The first-order chi connectivity index (χ1) is 9.06. The third kappa shape index (κ3) is 3.61. The van der Waals surface area contributed by atoms with Crippen molar-refractivity contribution in [1.82, 2.24) is 15.1 Å². The number of aromatic nitrogens is 2. The van der Waals surface area contributed by atoms with E-state index in [-0.39, 0.29) is 6.04 Å². The number of rotatable bonds is 5. The Labute approximate surface area is 111 Å². The minimum absolute atomic E-state index is 0.155. The monoisotopic (exact) mass is 265 g/mol. The van der Waals surface area contributed by atoms with Crippen LogP contribution in [0.3, 0.4) is 0 Å². The van der Waals surface area contributed by atoms with Gasteiger partial charge in [-0.1, -0.05) is 6.07 Å². The first-order valence-corrected chi connectivity index (χ1v) is 6.22. The van der Waals surface area contributed by atoms with Crippen molar-refractivity contribution in [2.24, 2.45) is 7.05 Å². The molecule has 0 aliphatic rings. The van der Waals surface area contributed by atoms with Gasteiger partial charge in [-0.25, -0.2) is 8.78 Å². The number of aryl methyl sites for hydroxylation is 1. The first kappa shape index (κ1) is 13.7. The van der Waals surface area contributed by atoms with Crippen molar-refractivity contribution in [3.8, 4) is 0 Å². The molecule has 1 heterocycles. The molecule has 102 valence electrons. The van der Waals surface area contributed by atoms with Crippen LogP contribution in [0.25, 0.3) is 0 Å². The van der Waals surface area contributed by atoms with Crippen molar-refractivity contribution in [2.75, 3.05) is 6.54 Å². The van der Waals surface area contributed by atoms with Crippen LogP contribution in [0.4, 0.5) is 8.78 Å². The van der Waals surface area contributed by atoms with E-state index in [2.05, 4.69) is 10.4 Å². The second-order valence-corrected chi connectivity index (χ2v) is 4.61. The fourth-order valence-electron chi connectivity index (χ4n) is 2.00. The van der Waals surface area contributed by atoms with Crippen molar-refractivity contribution in [3.63, 3.8) is 0 Å². The molecule has 1 N–H and O–H groups in total. The van der Waals surface area contributed by atoms with Gasteiger partial charge in [0.1, 0.15) is 11.6 Å². The van der Waals surface area contributed by atoms with Crippen LogP contribution in [-0.4, -0.2) is 16.3 Å². The van der Waals surface area contributed by atoms with Crippen LogP contribution in [-0.2, 0) is 13.5 Å². The molecule has 0 fully saturated rings. The molecular formula is C14H17F2N3. The van der Waals surface area contributed by atoms with Gasteiger partial charge in [0, 0.05) is 30.9 Å². The van der Waals surface area contributed by atoms with Gasteiger partial charge in [0.15, 0.2) is 0 Å². The summed E-state index contributed by atoms with van der Waals surface area (Å²) in [6.45, 7) is 2.57. The van der Waals surface area contributed by atoms with E-state index in [9.17, 15) is 8.78 Å². The molecule has 0 saturated heterocycles. The highest BCUT2D eigenvalue weighted by molar-refractivity contribution is 5.21. The molecule has 0 aliphatic heterocycles. The Morgan fingerprint density at radius 2 is 2.16 bits per heavy atom. The van der Waals surface area contributed by atoms with Crippen LogP contribution in [0.2, 0.25) is 0 Å². The third-order valence-electron chi connectivity index (χ3n) is 3.05. The van der Waals surface area contributed by atoms with Gasteiger partial charge in [-0.15, -0.1) is 0 Å². The van der Waals surface area contributed by atoms with E-state index in [0.29, 0.717) is 12.1 Å². The third-order valence-corrected chi connectivity index (χ3v) is 3.05. The molecular weight excluding hydrogens is 248 g/mol. The van der Waals surface area contributed by atoms with Gasteiger partial charge in [-0.3, -0.25) is 4.68 Å². The SMILES string of the molecule is CC(NCCc1cnn(C)c1)c1ccc(F)cc1F.